The van der Waals surface area contributed by atoms with E-state index in [1.165, 1.54) is 0 Å². The standard InChI is InChI=1S/C11H17F3N4O/c1-6(2)3-7(19)5-16-9-4-8(11(12,13)14)17-10(15)18-9/h4,6-7,19H,3,5H2,1-2H3,(H3,15,16,17,18). The predicted octanol–water partition coefficient (Wildman–Crippen LogP) is 1.90. The zero-order valence-electron chi connectivity index (χ0n) is 10.7. The van der Waals surface area contributed by atoms with Gasteiger partial charge in [-0.15, -0.1) is 0 Å². The van der Waals surface area contributed by atoms with E-state index in [4.69, 9.17) is 5.73 Å². The number of alkyl halides is 3. The summed E-state index contributed by atoms with van der Waals surface area (Å²) in [6, 6.07) is 0.762. The maximum atomic E-state index is 12.5. The highest BCUT2D eigenvalue weighted by molar-refractivity contribution is 5.41. The minimum absolute atomic E-state index is 0.0531. The summed E-state index contributed by atoms with van der Waals surface area (Å²) in [4.78, 5) is 6.76. The van der Waals surface area contributed by atoms with Gasteiger partial charge in [0.15, 0.2) is 5.69 Å². The highest BCUT2D eigenvalue weighted by Gasteiger charge is 2.33. The van der Waals surface area contributed by atoms with Crippen LogP contribution in [-0.2, 0) is 6.18 Å². The minimum Gasteiger partial charge on any atom is -0.391 e. The zero-order chi connectivity index (χ0) is 14.6. The summed E-state index contributed by atoms with van der Waals surface area (Å²) in [5, 5.41) is 12.2. The van der Waals surface area contributed by atoms with E-state index < -0.39 is 23.9 Å². The molecule has 19 heavy (non-hydrogen) atoms. The lowest BCUT2D eigenvalue weighted by molar-refractivity contribution is -0.141. The number of halogens is 3. The number of nitrogens with zero attached hydrogens (tertiary/aromatic N) is 2. The molecule has 0 aliphatic carbocycles. The summed E-state index contributed by atoms with van der Waals surface area (Å²) in [6.07, 6.45) is -4.70. The van der Waals surface area contributed by atoms with Gasteiger partial charge in [0.25, 0.3) is 0 Å². The molecule has 0 aliphatic heterocycles. The third-order valence-corrected chi connectivity index (χ3v) is 2.30. The fourth-order valence-corrected chi connectivity index (χ4v) is 1.55. The molecule has 0 aromatic carbocycles. The van der Waals surface area contributed by atoms with E-state index in [1.54, 1.807) is 0 Å². The molecule has 108 valence electrons. The number of nitrogen functional groups attached to an aromatic ring is 1. The number of nitrogens with one attached hydrogen (secondary N) is 1. The van der Waals surface area contributed by atoms with Crippen LogP contribution in [0.4, 0.5) is 24.9 Å². The number of aliphatic hydroxyl groups is 1. The van der Waals surface area contributed by atoms with Gasteiger partial charge in [0.2, 0.25) is 5.95 Å². The van der Waals surface area contributed by atoms with Gasteiger partial charge in [0, 0.05) is 12.6 Å². The molecule has 1 aromatic rings. The number of hydrogen-bond donors (Lipinski definition) is 3. The maximum absolute atomic E-state index is 12.5. The quantitative estimate of drug-likeness (QED) is 0.766. The van der Waals surface area contributed by atoms with Crippen molar-refractivity contribution in [3.63, 3.8) is 0 Å². The molecule has 0 amide bonds. The highest BCUT2D eigenvalue weighted by Crippen LogP contribution is 2.29. The summed E-state index contributed by atoms with van der Waals surface area (Å²) in [5.74, 6) is -0.226. The van der Waals surface area contributed by atoms with E-state index in [-0.39, 0.29) is 18.3 Å². The van der Waals surface area contributed by atoms with E-state index in [9.17, 15) is 18.3 Å². The number of aromatic nitrogens is 2. The van der Waals surface area contributed by atoms with Crippen LogP contribution in [0.5, 0.6) is 0 Å². The Morgan fingerprint density at radius 3 is 2.53 bits per heavy atom. The lowest BCUT2D eigenvalue weighted by atomic mass is 10.1. The molecule has 0 spiro atoms. The SMILES string of the molecule is CC(C)CC(O)CNc1cc(C(F)(F)F)nc(N)n1. The second-order valence-electron chi connectivity index (χ2n) is 4.66. The normalized spacial score (nSPS) is 13.6. The second kappa shape index (κ2) is 6.05. The summed E-state index contributed by atoms with van der Waals surface area (Å²) in [7, 11) is 0. The van der Waals surface area contributed by atoms with Crippen molar-refractivity contribution in [2.75, 3.05) is 17.6 Å². The molecule has 8 heteroatoms. The first kappa shape index (κ1) is 15.5. The molecule has 5 nitrogen and oxygen atoms in total. The van der Waals surface area contributed by atoms with E-state index in [0.29, 0.717) is 6.42 Å². The number of rotatable bonds is 5. The smallest absolute Gasteiger partial charge is 0.391 e. The Kier molecular flexibility index (Phi) is 4.93. The van der Waals surface area contributed by atoms with Crippen LogP contribution in [0.25, 0.3) is 0 Å². The molecule has 0 fully saturated rings. The third kappa shape index (κ3) is 5.29. The molecule has 1 aromatic heterocycles. The number of aliphatic hydroxyl groups excluding tert-OH is 1. The van der Waals surface area contributed by atoms with Gasteiger partial charge in [-0.1, -0.05) is 13.8 Å². The van der Waals surface area contributed by atoms with Crippen LogP contribution in [0.2, 0.25) is 0 Å². The molecule has 1 rings (SSSR count). The molecular weight excluding hydrogens is 261 g/mol. The van der Waals surface area contributed by atoms with Gasteiger partial charge in [0.1, 0.15) is 5.82 Å². The molecule has 0 aliphatic rings. The number of anilines is 2. The van der Waals surface area contributed by atoms with Crippen molar-refractivity contribution in [3.05, 3.63) is 11.8 Å². The molecule has 4 N–H and O–H groups in total. The van der Waals surface area contributed by atoms with Crippen molar-refractivity contribution in [3.8, 4) is 0 Å². The van der Waals surface area contributed by atoms with E-state index in [0.717, 1.165) is 6.07 Å². The first-order valence-corrected chi connectivity index (χ1v) is 5.82. The minimum atomic E-state index is -4.58. The Hall–Kier alpha value is -1.57. The topological polar surface area (TPSA) is 84.1 Å². The fraction of sp³-hybridized carbons (Fsp3) is 0.636. The molecule has 1 unspecified atom stereocenters. The van der Waals surface area contributed by atoms with Crippen LogP contribution in [0, 0.1) is 5.92 Å². The third-order valence-electron chi connectivity index (χ3n) is 2.30. The Morgan fingerprint density at radius 1 is 1.37 bits per heavy atom. The van der Waals surface area contributed by atoms with Gasteiger partial charge in [-0.2, -0.15) is 18.2 Å². The van der Waals surface area contributed by atoms with Crippen molar-refractivity contribution in [1.82, 2.24) is 9.97 Å². The summed E-state index contributed by atoms with van der Waals surface area (Å²) in [5.41, 5.74) is 4.11. The zero-order valence-corrected chi connectivity index (χ0v) is 10.7. The van der Waals surface area contributed by atoms with E-state index in [2.05, 4.69) is 15.3 Å². The van der Waals surface area contributed by atoms with Crippen LogP contribution in [0.1, 0.15) is 26.0 Å². The lowest BCUT2D eigenvalue weighted by Gasteiger charge is -2.15. The van der Waals surface area contributed by atoms with Gasteiger partial charge in [-0.05, 0) is 12.3 Å². The van der Waals surface area contributed by atoms with E-state index >= 15 is 0 Å². The first-order chi connectivity index (χ1) is 8.68. The monoisotopic (exact) mass is 278 g/mol. The summed E-state index contributed by atoms with van der Waals surface area (Å²) in [6.45, 7) is 3.98. The molecule has 0 radical (unpaired) electrons. The Bertz CT molecular complexity index is 423. The fourth-order valence-electron chi connectivity index (χ4n) is 1.55. The van der Waals surface area contributed by atoms with Crippen molar-refractivity contribution < 1.29 is 18.3 Å². The van der Waals surface area contributed by atoms with Gasteiger partial charge in [-0.3, -0.25) is 0 Å². The second-order valence-corrected chi connectivity index (χ2v) is 4.66. The first-order valence-electron chi connectivity index (χ1n) is 5.82. The van der Waals surface area contributed by atoms with Gasteiger partial charge >= 0.3 is 6.18 Å². The number of nitrogens with two attached hydrogens (primary N) is 1. The Labute approximate surface area is 109 Å². The van der Waals surface area contributed by atoms with Crippen LogP contribution in [-0.4, -0.2) is 27.7 Å². The van der Waals surface area contributed by atoms with Gasteiger partial charge in [-0.25, -0.2) is 4.98 Å². The van der Waals surface area contributed by atoms with Gasteiger partial charge < -0.3 is 16.2 Å². The van der Waals surface area contributed by atoms with Crippen molar-refractivity contribution in [2.45, 2.75) is 32.5 Å². The Morgan fingerprint density at radius 2 is 2.00 bits per heavy atom. The van der Waals surface area contributed by atoms with Gasteiger partial charge in [0.05, 0.1) is 6.10 Å². The van der Waals surface area contributed by atoms with Crippen molar-refractivity contribution in [2.24, 2.45) is 5.92 Å². The van der Waals surface area contributed by atoms with Crippen molar-refractivity contribution in [1.29, 1.82) is 0 Å². The van der Waals surface area contributed by atoms with Crippen molar-refractivity contribution >= 4 is 11.8 Å². The average molecular weight is 278 g/mol. The maximum Gasteiger partial charge on any atom is 0.433 e. The highest BCUT2D eigenvalue weighted by atomic mass is 19.4. The molecule has 0 bridgehead atoms. The summed E-state index contributed by atoms with van der Waals surface area (Å²) < 4.78 is 37.5. The van der Waals surface area contributed by atoms with Crippen LogP contribution in [0.15, 0.2) is 6.07 Å². The lowest BCUT2D eigenvalue weighted by Crippen LogP contribution is -2.22. The number of hydrogen-bond acceptors (Lipinski definition) is 5. The van der Waals surface area contributed by atoms with E-state index in [1.807, 2.05) is 13.8 Å². The van der Waals surface area contributed by atoms with Crippen LogP contribution in [0.3, 0.4) is 0 Å². The van der Waals surface area contributed by atoms with Crippen LogP contribution >= 0.6 is 0 Å². The molecule has 0 saturated carbocycles. The predicted molar refractivity (Wildman–Crippen MR) is 65.4 cm³/mol. The molecule has 1 atom stereocenters. The molecule has 0 saturated heterocycles. The van der Waals surface area contributed by atoms with Crippen LogP contribution < -0.4 is 11.1 Å². The Balaban J connectivity index is 2.71. The summed E-state index contributed by atoms with van der Waals surface area (Å²) >= 11 is 0. The molecule has 1 heterocycles. The molecular formula is C11H17F3N4O. The largest absolute Gasteiger partial charge is 0.433 e. The average Bonchev–Trinajstić information content (AvgIpc) is 2.23.